The molecule has 0 aromatic carbocycles. The van der Waals surface area contributed by atoms with E-state index in [1.165, 1.54) is 5.56 Å². The van der Waals surface area contributed by atoms with Gasteiger partial charge < -0.3 is 10.6 Å². The number of rotatable bonds is 6. The number of aromatic nitrogens is 1. The van der Waals surface area contributed by atoms with Crippen molar-refractivity contribution in [3.05, 3.63) is 30.1 Å². The number of carbonyl (C=O) groups is 1. The molecule has 0 aliphatic heterocycles. The van der Waals surface area contributed by atoms with Gasteiger partial charge in [0.1, 0.15) is 0 Å². The first-order valence-corrected chi connectivity index (χ1v) is 5.88. The number of pyridine rings is 1. The maximum absolute atomic E-state index is 11.5. The van der Waals surface area contributed by atoms with E-state index in [0.717, 1.165) is 13.0 Å². The highest BCUT2D eigenvalue weighted by molar-refractivity contribution is 5.81. The first-order chi connectivity index (χ1) is 8.06. The maximum atomic E-state index is 11.5. The Morgan fingerprint density at radius 2 is 2.00 bits per heavy atom. The first-order valence-electron chi connectivity index (χ1n) is 5.88. The lowest BCUT2D eigenvalue weighted by molar-refractivity contribution is -0.128. The van der Waals surface area contributed by atoms with E-state index in [-0.39, 0.29) is 11.3 Å². The molecular formula is C13H21N3O. The summed E-state index contributed by atoms with van der Waals surface area (Å²) in [5.74, 6) is 0.0638. The van der Waals surface area contributed by atoms with Crippen molar-refractivity contribution >= 4 is 5.91 Å². The lowest BCUT2D eigenvalue weighted by atomic mass is 9.92. The van der Waals surface area contributed by atoms with Gasteiger partial charge in [0.2, 0.25) is 5.91 Å². The monoisotopic (exact) mass is 235 g/mol. The van der Waals surface area contributed by atoms with Crippen LogP contribution in [-0.4, -0.2) is 31.0 Å². The minimum absolute atomic E-state index is 0.0638. The van der Waals surface area contributed by atoms with Gasteiger partial charge in [-0.15, -0.1) is 0 Å². The van der Waals surface area contributed by atoms with Crippen LogP contribution in [0.5, 0.6) is 0 Å². The summed E-state index contributed by atoms with van der Waals surface area (Å²) in [6, 6.07) is 4.01. The van der Waals surface area contributed by atoms with E-state index in [0.29, 0.717) is 6.54 Å². The van der Waals surface area contributed by atoms with Gasteiger partial charge in [0.05, 0.1) is 5.41 Å². The molecule has 0 fully saturated rings. The molecule has 17 heavy (non-hydrogen) atoms. The molecule has 0 saturated heterocycles. The van der Waals surface area contributed by atoms with E-state index in [1.807, 2.05) is 26.0 Å². The molecule has 1 rings (SSSR count). The normalized spacial score (nSPS) is 11.2. The van der Waals surface area contributed by atoms with Crippen LogP contribution in [0.15, 0.2) is 24.5 Å². The van der Waals surface area contributed by atoms with Crippen molar-refractivity contribution in [2.45, 2.75) is 20.3 Å². The summed E-state index contributed by atoms with van der Waals surface area (Å²) in [6.45, 7) is 5.42. The van der Waals surface area contributed by atoms with E-state index >= 15 is 0 Å². The second-order valence-electron chi connectivity index (χ2n) is 4.75. The standard InChI is InChI=1S/C13H21N3O/c1-13(2,12(17)14-3)10-16-9-6-11-4-7-15-8-5-11/h4-5,7-8,16H,6,9-10H2,1-3H3,(H,14,17). The molecule has 1 heterocycles. The van der Waals surface area contributed by atoms with E-state index in [4.69, 9.17) is 0 Å². The van der Waals surface area contributed by atoms with Crippen LogP contribution < -0.4 is 10.6 Å². The first kappa shape index (κ1) is 13.6. The van der Waals surface area contributed by atoms with Crippen molar-refractivity contribution in [2.24, 2.45) is 5.41 Å². The second kappa shape index (κ2) is 6.35. The summed E-state index contributed by atoms with van der Waals surface area (Å²) in [5.41, 5.74) is 0.887. The molecule has 1 aromatic heterocycles. The van der Waals surface area contributed by atoms with Gasteiger partial charge in [0.25, 0.3) is 0 Å². The number of nitrogens with zero attached hydrogens (tertiary/aromatic N) is 1. The van der Waals surface area contributed by atoms with Gasteiger partial charge in [-0.1, -0.05) is 0 Å². The van der Waals surface area contributed by atoms with Crippen molar-refractivity contribution in [1.82, 2.24) is 15.6 Å². The quantitative estimate of drug-likeness (QED) is 0.723. The smallest absolute Gasteiger partial charge is 0.226 e. The van der Waals surface area contributed by atoms with Crippen LogP contribution in [0.1, 0.15) is 19.4 Å². The average Bonchev–Trinajstić information content (AvgIpc) is 2.35. The molecule has 0 unspecified atom stereocenters. The Balaban J connectivity index is 2.27. The van der Waals surface area contributed by atoms with Gasteiger partial charge in [-0.3, -0.25) is 9.78 Å². The van der Waals surface area contributed by atoms with Crippen molar-refractivity contribution < 1.29 is 4.79 Å². The van der Waals surface area contributed by atoms with Crippen LogP contribution >= 0.6 is 0 Å². The van der Waals surface area contributed by atoms with E-state index in [2.05, 4.69) is 15.6 Å². The van der Waals surface area contributed by atoms with Crippen LogP contribution in [0.4, 0.5) is 0 Å². The third-order valence-corrected chi connectivity index (χ3v) is 2.75. The summed E-state index contributed by atoms with van der Waals surface area (Å²) < 4.78 is 0. The van der Waals surface area contributed by atoms with Gasteiger partial charge in [0, 0.05) is 26.0 Å². The molecule has 0 radical (unpaired) electrons. The Bertz CT molecular complexity index is 349. The fraction of sp³-hybridized carbons (Fsp3) is 0.538. The van der Waals surface area contributed by atoms with Crippen molar-refractivity contribution in [1.29, 1.82) is 0 Å². The topological polar surface area (TPSA) is 54.0 Å². The van der Waals surface area contributed by atoms with E-state index in [1.54, 1.807) is 19.4 Å². The highest BCUT2D eigenvalue weighted by Gasteiger charge is 2.25. The zero-order valence-corrected chi connectivity index (χ0v) is 10.8. The predicted octanol–water partition coefficient (Wildman–Crippen LogP) is 0.986. The molecule has 2 N–H and O–H groups in total. The summed E-state index contributed by atoms with van der Waals surface area (Å²) in [4.78, 5) is 15.5. The number of amides is 1. The zero-order chi connectivity index (χ0) is 12.7. The Labute approximate surface area is 103 Å². The maximum Gasteiger partial charge on any atom is 0.226 e. The summed E-state index contributed by atoms with van der Waals surface area (Å²) in [7, 11) is 1.67. The summed E-state index contributed by atoms with van der Waals surface area (Å²) in [6.07, 6.45) is 4.54. The molecule has 0 spiro atoms. The van der Waals surface area contributed by atoms with Crippen LogP contribution in [0.3, 0.4) is 0 Å². The highest BCUT2D eigenvalue weighted by atomic mass is 16.2. The third-order valence-electron chi connectivity index (χ3n) is 2.75. The van der Waals surface area contributed by atoms with Gasteiger partial charge in [-0.25, -0.2) is 0 Å². The summed E-state index contributed by atoms with van der Waals surface area (Å²) >= 11 is 0. The third kappa shape index (κ3) is 4.53. The van der Waals surface area contributed by atoms with Crippen molar-refractivity contribution in [3.63, 3.8) is 0 Å². The predicted molar refractivity (Wildman–Crippen MR) is 68.7 cm³/mol. The van der Waals surface area contributed by atoms with Gasteiger partial charge >= 0.3 is 0 Å². The fourth-order valence-electron chi connectivity index (χ4n) is 1.60. The van der Waals surface area contributed by atoms with Crippen molar-refractivity contribution in [3.8, 4) is 0 Å². The zero-order valence-electron chi connectivity index (χ0n) is 10.8. The Morgan fingerprint density at radius 3 is 2.59 bits per heavy atom. The minimum Gasteiger partial charge on any atom is -0.359 e. The fourth-order valence-corrected chi connectivity index (χ4v) is 1.60. The molecule has 0 aliphatic carbocycles. The average molecular weight is 235 g/mol. The molecule has 4 heteroatoms. The second-order valence-corrected chi connectivity index (χ2v) is 4.75. The number of nitrogens with one attached hydrogen (secondary N) is 2. The van der Waals surface area contributed by atoms with Gasteiger partial charge in [-0.2, -0.15) is 0 Å². The lowest BCUT2D eigenvalue weighted by Crippen LogP contribution is -2.42. The molecule has 4 nitrogen and oxygen atoms in total. The molecule has 0 bridgehead atoms. The molecule has 1 aromatic rings. The summed E-state index contributed by atoms with van der Waals surface area (Å²) in [5, 5.41) is 5.98. The van der Waals surface area contributed by atoms with Crippen molar-refractivity contribution in [2.75, 3.05) is 20.1 Å². The van der Waals surface area contributed by atoms with E-state index < -0.39 is 0 Å². The van der Waals surface area contributed by atoms with Crippen LogP contribution in [0.25, 0.3) is 0 Å². The SMILES string of the molecule is CNC(=O)C(C)(C)CNCCc1ccncc1. The Kier molecular flexibility index (Phi) is 5.10. The Hall–Kier alpha value is -1.42. The van der Waals surface area contributed by atoms with Crippen LogP contribution in [-0.2, 0) is 11.2 Å². The molecule has 94 valence electrons. The number of carbonyl (C=O) groups excluding carboxylic acids is 1. The molecule has 0 saturated carbocycles. The molecular weight excluding hydrogens is 214 g/mol. The lowest BCUT2D eigenvalue weighted by Gasteiger charge is -2.22. The number of hydrogen-bond acceptors (Lipinski definition) is 3. The minimum atomic E-state index is -0.368. The van der Waals surface area contributed by atoms with E-state index in [9.17, 15) is 4.79 Å². The molecule has 0 atom stereocenters. The van der Waals surface area contributed by atoms with Crippen LogP contribution in [0, 0.1) is 5.41 Å². The Morgan fingerprint density at radius 1 is 1.35 bits per heavy atom. The molecule has 1 amide bonds. The van der Waals surface area contributed by atoms with Crippen LogP contribution in [0.2, 0.25) is 0 Å². The highest BCUT2D eigenvalue weighted by Crippen LogP contribution is 2.12. The molecule has 0 aliphatic rings. The van der Waals surface area contributed by atoms with Gasteiger partial charge in [0.15, 0.2) is 0 Å². The number of hydrogen-bond donors (Lipinski definition) is 2. The van der Waals surface area contributed by atoms with Gasteiger partial charge in [-0.05, 0) is 44.5 Å². The largest absolute Gasteiger partial charge is 0.359 e.